The Hall–Kier alpha value is -2.74. The lowest BCUT2D eigenvalue weighted by atomic mass is 10.2. The summed E-state index contributed by atoms with van der Waals surface area (Å²) < 4.78 is 42.5. The average Bonchev–Trinajstić information content (AvgIpc) is 2.98. The topological polar surface area (TPSA) is 76.9 Å². The maximum absolute atomic E-state index is 13.7. The molecule has 0 spiro atoms. The van der Waals surface area contributed by atoms with E-state index >= 15 is 0 Å². The summed E-state index contributed by atoms with van der Waals surface area (Å²) in [5.74, 6) is -0.409. The summed E-state index contributed by atoms with van der Waals surface area (Å²) in [7, 11) is -3.80. The molecule has 0 aliphatic carbocycles. The molecule has 130 valence electrons. The van der Waals surface area contributed by atoms with E-state index in [1.807, 2.05) is 13.0 Å². The van der Waals surface area contributed by atoms with Gasteiger partial charge in [-0.2, -0.15) is 4.98 Å². The number of hydrogen-bond acceptors (Lipinski definition) is 4. The van der Waals surface area contributed by atoms with Crippen LogP contribution >= 0.6 is 0 Å². The molecule has 1 heterocycles. The molecule has 0 fully saturated rings. The van der Waals surface area contributed by atoms with E-state index in [0.29, 0.717) is 11.1 Å². The first kappa shape index (κ1) is 17.1. The Bertz CT molecular complexity index is 1010. The summed E-state index contributed by atoms with van der Waals surface area (Å²) in [6, 6.07) is 11.5. The largest absolute Gasteiger partial charge is 0.264 e. The van der Waals surface area contributed by atoms with Crippen LogP contribution < -0.4 is 4.72 Å². The van der Waals surface area contributed by atoms with E-state index in [1.54, 1.807) is 37.3 Å². The minimum Gasteiger partial charge on any atom is -0.246 e. The first-order valence-electron chi connectivity index (χ1n) is 7.58. The van der Waals surface area contributed by atoms with Crippen molar-refractivity contribution in [2.75, 3.05) is 4.72 Å². The third-order valence-corrected chi connectivity index (χ3v) is 5.16. The van der Waals surface area contributed by atoms with E-state index < -0.39 is 10.0 Å². The number of hydrogen-bond donors (Lipinski definition) is 1. The van der Waals surface area contributed by atoms with Gasteiger partial charge >= 0.3 is 0 Å². The van der Waals surface area contributed by atoms with Crippen LogP contribution in [0.15, 0.2) is 53.7 Å². The second-order valence-electron chi connectivity index (χ2n) is 5.73. The summed E-state index contributed by atoms with van der Waals surface area (Å²) >= 11 is 0. The molecule has 3 rings (SSSR count). The molecule has 6 nitrogen and oxygen atoms in total. The van der Waals surface area contributed by atoms with Crippen LogP contribution in [0.5, 0.6) is 0 Å². The molecule has 0 radical (unpaired) electrons. The highest BCUT2D eigenvalue weighted by molar-refractivity contribution is 7.92. The monoisotopic (exact) mass is 360 g/mol. The third-order valence-electron chi connectivity index (χ3n) is 3.69. The van der Waals surface area contributed by atoms with Crippen LogP contribution in [0.3, 0.4) is 0 Å². The van der Waals surface area contributed by atoms with Gasteiger partial charge in [-0.15, -0.1) is 5.10 Å². The summed E-state index contributed by atoms with van der Waals surface area (Å²) in [6.45, 7) is 3.70. The van der Waals surface area contributed by atoms with Crippen LogP contribution in [0.25, 0.3) is 0 Å². The quantitative estimate of drug-likeness (QED) is 0.759. The number of sulfonamides is 1. The number of anilines is 1. The van der Waals surface area contributed by atoms with Crippen molar-refractivity contribution in [3.8, 4) is 0 Å². The molecule has 0 aliphatic rings. The van der Waals surface area contributed by atoms with E-state index in [-0.39, 0.29) is 23.2 Å². The molecule has 1 aromatic heterocycles. The lowest BCUT2D eigenvalue weighted by Crippen LogP contribution is -2.16. The van der Waals surface area contributed by atoms with E-state index in [9.17, 15) is 12.8 Å². The number of benzene rings is 2. The zero-order chi connectivity index (χ0) is 18.0. The van der Waals surface area contributed by atoms with Crippen LogP contribution in [0.4, 0.5) is 10.3 Å². The second-order valence-corrected chi connectivity index (χ2v) is 7.38. The third kappa shape index (κ3) is 3.85. The molecule has 0 saturated carbocycles. The molecule has 0 bridgehead atoms. The van der Waals surface area contributed by atoms with Gasteiger partial charge in [0, 0.05) is 5.56 Å². The molecule has 0 aliphatic heterocycles. The van der Waals surface area contributed by atoms with Gasteiger partial charge in [-0.3, -0.25) is 0 Å². The number of rotatable bonds is 5. The highest BCUT2D eigenvalue weighted by atomic mass is 32.2. The zero-order valence-corrected chi connectivity index (χ0v) is 14.6. The highest BCUT2D eigenvalue weighted by Crippen LogP contribution is 2.19. The Morgan fingerprint density at radius 2 is 1.92 bits per heavy atom. The molecule has 0 amide bonds. The Balaban J connectivity index is 1.81. The smallest absolute Gasteiger partial charge is 0.246 e. The van der Waals surface area contributed by atoms with Crippen molar-refractivity contribution < 1.29 is 12.8 Å². The van der Waals surface area contributed by atoms with E-state index in [0.717, 1.165) is 5.56 Å². The van der Waals surface area contributed by atoms with E-state index in [2.05, 4.69) is 14.8 Å². The first-order valence-corrected chi connectivity index (χ1v) is 9.06. The molecule has 0 saturated heterocycles. The van der Waals surface area contributed by atoms with Crippen molar-refractivity contribution in [3.63, 3.8) is 0 Å². The number of halogens is 1. The maximum atomic E-state index is 13.7. The standard InChI is InChI=1S/C17H17FN4O2S/c1-12-7-8-13(2)16(9-12)25(23,24)21-17-19-11-22(20-17)10-14-5-3-4-6-15(14)18/h3-9,11H,10H2,1-2H3,(H,20,21). The molecular formula is C17H17FN4O2S. The van der Waals surface area contributed by atoms with Crippen LogP contribution in [0.2, 0.25) is 0 Å². The van der Waals surface area contributed by atoms with Gasteiger partial charge in [0.25, 0.3) is 16.0 Å². The fourth-order valence-electron chi connectivity index (χ4n) is 2.39. The van der Waals surface area contributed by atoms with Crippen molar-refractivity contribution in [1.82, 2.24) is 14.8 Å². The Kier molecular flexibility index (Phi) is 4.54. The molecule has 1 N–H and O–H groups in total. The summed E-state index contributed by atoms with van der Waals surface area (Å²) in [6.07, 6.45) is 1.35. The summed E-state index contributed by atoms with van der Waals surface area (Å²) in [5, 5.41) is 4.06. The van der Waals surface area contributed by atoms with Gasteiger partial charge in [0.2, 0.25) is 0 Å². The van der Waals surface area contributed by atoms with Gasteiger partial charge in [-0.1, -0.05) is 30.3 Å². The maximum Gasteiger partial charge on any atom is 0.264 e. The average molecular weight is 360 g/mol. The van der Waals surface area contributed by atoms with Crippen molar-refractivity contribution >= 4 is 16.0 Å². The first-order chi connectivity index (χ1) is 11.8. The van der Waals surface area contributed by atoms with Crippen LogP contribution in [0, 0.1) is 19.7 Å². The molecular weight excluding hydrogens is 343 g/mol. The number of aryl methyl sites for hydroxylation is 2. The SMILES string of the molecule is Cc1ccc(C)c(S(=O)(=O)Nc2ncn(Cc3ccccc3F)n2)c1. The van der Waals surface area contributed by atoms with Gasteiger partial charge in [0.1, 0.15) is 12.1 Å². The number of nitrogens with one attached hydrogen (secondary N) is 1. The Morgan fingerprint density at radius 1 is 1.16 bits per heavy atom. The Morgan fingerprint density at radius 3 is 2.68 bits per heavy atom. The fraction of sp³-hybridized carbons (Fsp3) is 0.176. The molecule has 0 unspecified atom stereocenters. The van der Waals surface area contributed by atoms with E-state index in [4.69, 9.17) is 0 Å². The predicted octanol–water partition coefficient (Wildman–Crippen LogP) is 2.88. The van der Waals surface area contributed by atoms with E-state index in [1.165, 1.54) is 17.1 Å². The van der Waals surface area contributed by atoms with Crippen molar-refractivity contribution in [2.24, 2.45) is 0 Å². The fourth-order valence-corrected chi connectivity index (χ4v) is 3.67. The second kappa shape index (κ2) is 6.64. The predicted molar refractivity (Wildman–Crippen MR) is 92.2 cm³/mol. The van der Waals surface area contributed by atoms with Gasteiger partial charge in [0.05, 0.1) is 11.4 Å². The van der Waals surface area contributed by atoms with Crippen LogP contribution in [0.1, 0.15) is 16.7 Å². The Labute approximate surface area is 145 Å². The molecule has 25 heavy (non-hydrogen) atoms. The molecule has 0 atom stereocenters. The van der Waals surface area contributed by atoms with Crippen molar-refractivity contribution in [3.05, 3.63) is 71.3 Å². The zero-order valence-electron chi connectivity index (χ0n) is 13.8. The minimum atomic E-state index is -3.80. The van der Waals surface area contributed by atoms with Crippen LogP contribution in [-0.4, -0.2) is 23.2 Å². The minimum absolute atomic E-state index is 0.0581. The van der Waals surface area contributed by atoms with Crippen LogP contribution in [-0.2, 0) is 16.6 Å². The molecule has 8 heteroatoms. The van der Waals surface area contributed by atoms with Crippen molar-refractivity contribution in [1.29, 1.82) is 0 Å². The normalized spacial score (nSPS) is 11.5. The van der Waals surface area contributed by atoms with Gasteiger partial charge in [-0.05, 0) is 37.1 Å². The number of aromatic nitrogens is 3. The lowest BCUT2D eigenvalue weighted by molar-refractivity contribution is 0.584. The molecule has 2 aromatic carbocycles. The van der Waals surface area contributed by atoms with Gasteiger partial charge < -0.3 is 0 Å². The van der Waals surface area contributed by atoms with Crippen molar-refractivity contribution in [2.45, 2.75) is 25.3 Å². The number of nitrogens with zero attached hydrogens (tertiary/aromatic N) is 3. The van der Waals surface area contributed by atoms with Gasteiger partial charge in [-0.25, -0.2) is 22.2 Å². The highest BCUT2D eigenvalue weighted by Gasteiger charge is 2.19. The van der Waals surface area contributed by atoms with Gasteiger partial charge in [0.15, 0.2) is 0 Å². The summed E-state index contributed by atoms with van der Waals surface area (Å²) in [5.41, 5.74) is 1.91. The molecule has 3 aromatic rings. The summed E-state index contributed by atoms with van der Waals surface area (Å²) in [4.78, 5) is 4.12. The lowest BCUT2D eigenvalue weighted by Gasteiger charge is -2.08.